The van der Waals surface area contributed by atoms with Gasteiger partial charge in [0.25, 0.3) is 5.22 Å². The average molecular weight is 581 g/mol. The topological polar surface area (TPSA) is 124 Å². The molecule has 1 aliphatic heterocycles. The number of sulfonamides is 1. The summed E-state index contributed by atoms with van der Waals surface area (Å²) in [4.78, 5) is 13.7. The Hall–Kier alpha value is -3.71. The highest BCUT2D eigenvalue weighted by molar-refractivity contribution is 8.00. The number of ether oxygens (including phenoxy) is 2. The summed E-state index contributed by atoms with van der Waals surface area (Å²) in [5.74, 6) is 0.398. The zero-order chi connectivity index (χ0) is 28.1. The lowest BCUT2D eigenvalue weighted by molar-refractivity contribution is -0.115. The number of nitrogens with one attached hydrogen (secondary N) is 1. The second-order valence-electron chi connectivity index (χ2n) is 9.02. The number of hydrogen-bond donors (Lipinski definition) is 1. The number of rotatable bonds is 9. The van der Waals surface area contributed by atoms with Crippen molar-refractivity contribution in [1.82, 2.24) is 14.5 Å². The van der Waals surface area contributed by atoms with E-state index in [0.717, 1.165) is 22.9 Å². The maximum absolute atomic E-state index is 13.5. The van der Waals surface area contributed by atoms with Crippen LogP contribution < -0.4 is 10.1 Å². The van der Waals surface area contributed by atoms with E-state index in [4.69, 9.17) is 13.9 Å². The van der Waals surface area contributed by atoms with E-state index in [-0.39, 0.29) is 21.9 Å². The smallest absolute Gasteiger partial charge is 0.277 e. The van der Waals surface area contributed by atoms with E-state index in [1.54, 1.807) is 25.3 Å². The van der Waals surface area contributed by atoms with Crippen LogP contribution >= 0.6 is 11.8 Å². The van der Waals surface area contributed by atoms with E-state index in [1.165, 1.54) is 16.4 Å². The van der Waals surface area contributed by atoms with E-state index < -0.39 is 15.3 Å². The molecule has 0 radical (unpaired) electrons. The lowest BCUT2D eigenvalue weighted by Crippen LogP contribution is -2.40. The molecule has 2 heterocycles. The van der Waals surface area contributed by atoms with Crippen LogP contribution in [0.3, 0.4) is 0 Å². The number of morpholine rings is 1. The average Bonchev–Trinajstić information content (AvgIpc) is 3.46. The van der Waals surface area contributed by atoms with Crippen LogP contribution in [0.4, 0.5) is 5.69 Å². The fourth-order valence-corrected chi connectivity index (χ4v) is 6.55. The van der Waals surface area contributed by atoms with Crippen LogP contribution in [0, 0.1) is 6.92 Å². The lowest BCUT2D eigenvalue weighted by atomic mass is 10.1. The zero-order valence-corrected chi connectivity index (χ0v) is 23.6. The molecule has 12 heteroatoms. The summed E-state index contributed by atoms with van der Waals surface area (Å²) >= 11 is 1.10. The Morgan fingerprint density at radius 1 is 1.02 bits per heavy atom. The van der Waals surface area contributed by atoms with Gasteiger partial charge in [-0.25, -0.2) is 8.42 Å². The molecule has 0 saturated carbocycles. The number of carbonyl (C=O) groups excluding carboxylic acids is 1. The molecular formula is C28H28N4O6S2. The zero-order valence-electron chi connectivity index (χ0n) is 21.9. The van der Waals surface area contributed by atoms with Crippen molar-refractivity contribution in [2.45, 2.75) is 22.3 Å². The third kappa shape index (κ3) is 6.20. The highest BCUT2D eigenvalue weighted by Crippen LogP contribution is 2.38. The molecule has 10 nitrogen and oxygen atoms in total. The van der Waals surface area contributed by atoms with Gasteiger partial charge in [0, 0.05) is 18.7 Å². The third-order valence-electron chi connectivity index (χ3n) is 6.27. The first-order valence-corrected chi connectivity index (χ1v) is 14.9. The van der Waals surface area contributed by atoms with Crippen molar-refractivity contribution in [3.05, 3.63) is 83.9 Å². The van der Waals surface area contributed by atoms with Crippen LogP contribution in [0.25, 0.3) is 11.5 Å². The molecular weight excluding hydrogens is 552 g/mol. The van der Waals surface area contributed by atoms with E-state index in [0.29, 0.717) is 43.3 Å². The molecule has 40 heavy (non-hydrogen) atoms. The molecule has 208 valence electrons. The monoisotopic (exact) mass is 580 g/mol. The van der Waals surface area contributed by atoms with E-state index >= 15 is 0 Å². The molecule has 1 saturated heterocycles. The molecule has 1 N–H and O–H groups in total. The summed E-state index contributed by atoms with van der Waals surface area (Å²) < 4.78 is 44.2. The van der Waals surface area contributed by atoms with Crippen LogP contribution in [-0.4, -0.2) is 62.2 Å². The van der Waals surface area contributed by atoms with Crippen molar-refractivity contribution < 1.29 is 27.1 Å². The minimum atomic E-state index is -3.70. The van der Waals surface area contributed by atoms with Crippen LogP contribution in [0.2, 0.25) is 0 Å². The molecule has 1 aromatic heterocycles. The Bertz CT molecular complexity index is 1590. The van der Waals surface area contributed by atoms with Crippen molar-refractivity contribution in [3.63, 3.8) is 0 Å². The molecule has 0 unspecified atom stereocenters. The number of benzene rings is 3. The standard InChI is InChI=1S/C28H28N4O6S2/c1-19-11-12-24(36-2)23(17-19)29-26(33)25(20-7-4-3-5-8-20)39-28-31-30-27(38-28)21-9-6-10-22(18-21)40(34,35)32-13-15-37-16-14-32/h3-12,17-18,25H,13-16H2,1-2H3,(H,29,33)/t25-/m0/s1. The van der Waals surface area contributed by atoms with Crippen LogP contribution in [0.15, 0.2) is 87.3 Å². The largest absolute Gasteiger partial charge is 0.495 e. The van der Waals surface area contributed by atoms with Gasteiger partial charge in [-0.15, -0.1) is 10.2 Å². The number of aryl methyl sites for hydroxylation is 1. The summed E-state index contributed by atoms with van der Waals surface area (Å²) in [7, 11) is -2.15. The van der Waals surface area contributed by atoms with Gasteiger partial charge in [-0.2, -0.15) is 4.31 Å². The molecule has 3 aromatic carbocycles. The second-order valence-corrected chi connectivity index (χ2v) is 12.0. The fourth-order valence-electron chi connectivity index (χ4n) is 4.22. The number of hydrogen-bond acceptors (Lipinski definition) is 9. The van der Waals surface area contributed by atoms with Gasteiger partial charge >= 0.3 is 0 Å². The van der Waals surface area contributed by atoms with Gasteiger partial charge in [-0.05, 0) is 60.1 Å². The summed E-state index contributed by atoms with van der Waals surface area (Å²) in [5, 5.41) is 10.7. The van der Waals surface area contributed by atoms with Crippen molar-refractivity contribution in [3.8, 4) is 17.2 Å². The van der Waals surface area contributed by atoms with Crippen LogP contribution in [-0.2, 0) is 19.6 Å². The van der Waals surface area contributed by atoms with Crippen molar-refractivity contribution in [1.29, 1.82) is 0 Å². The number of nitrogens with zero attached hydrogens (tertiary/aromatic N) is 3. The molecule has 0 spiro atoms. The molecule has 1 amide bonds. The maximum Gasteiger partial charge on any atom is 0.277 e. The van der Waals surface area contributed by atoms with Crippen molar-refractivity contribution >= 4 is 33.4 Å². The number of amides is 1. The van der Waals surface area contributed by atoms with Gasteiger partial charge in [0.2, 0.25) is 21.8 Å². The number of aromatic nitrogens is 2. The molecule has 1 aliphatic rings. The second kappa shape index (κ2) is 12.2. The Kier molecular flexibility index (Phi) is 8.50. The first-order chi connectivity index (χ1) is 19.3. The number of methoxy groups -OCH3 is 1. The van der Waals surface area contributed by atoms with Gasteiger partial charge in [0.15, 0.2) is 0 Å². The van der Waals surface area contributed by atoms with Gasteiger partial charge < -0.3 is 19.2 Å². The molecule has 1 fully saturated rings. The Morgan fingerprint density at radius 2 is 1.80 bits per heavy atom. The predicted octanol–water partition coefficient (Wildman–Crippen LogP) is 4.55. The molecule has 4 aromatic rings. The molecule has 0 aliphatic carbocycles. The normalized spacial score (nSPS) is 14.9. The predicted molar refractivity (Wildman–Crippen MR) is 151 cm³/mol. The van der Waals surface area contributed by atoms with Gasteiger partial charge in [-0.3, -0.25) is 4.79 Å². The number of carbonyl (C=O) groups is 1. The first kappa shape index (κ1) is 27.8. The molecule has 0 bridgehead atoms. The maximum atomic E-state index is 13.5. The number of anilines is 1. The molecule has 1 atom stereocenters. The summed E-state index contributed by atoms with van der Waals surface area (Å²) in [6.07, 6.45) is 0. The number of thioether (sulfide) groups is 1. The van der Waals surface area contributed by atoms with E-state index in [9.17, 15) is 13.2 Å². The first-order valence-electron chi connectivity index (χ1n) is 12.5. The highest BCUT2D eigenvalue weighted by Gasteiger charge is 2.28. The summed E-state index contributed by atoms with van der Waals surface area (Å²) in [6, 6.07) is 21.2. The Morgan fingerprint density at radius 3 is 2.55 bits per heavy atom. The van der Waals surface area contributed by atoms with Crippen LogP contribution in [0.1, 0.15) is 16.4 Å². The Labute approximate surface area is 236 Å². The Balaban J connectivity index is 1.39. The van der Waals surface area contributed by atoms with Gasteiger partial charge in [0.1, 0.15) is 11.0 Å². The summed E-state index contributed by atoms with van der Waals surface area (Å²) in [5.41, 5.74) is 2.73. The quantitative estimate of drug-likeness (QED) is 0.284. The third-order valence-corrected chi connectivity index (χ3v) is 9.25. The van der Waals surface area contributed by atoms with Crippen molar-refractivity contribution in [2.75, 3.05) is 38.7 Å². The van der Waals surface area contributed by atoms with Gasteiger partial charge in [-0.1, -0.05) is 42.5 Å². The SMILES string of the molecule is COc1ccc(C)cc1NC(=O)[C@@H](Sc1nnc(-c2cccc(S(=O)(=O)N3CCOCC3)c2)o1)c1ccccc1. The van der Waals surface area contributed by atoms with Gasteiger partial charge in [0.05, 0.1) is 30.9 Å². The fraction of sp³-hybridized carbons (Fsp3) is 0.250. The van der Waals surface area contributed by atoms with E-state index in [1.807, 2.05) is 49.4 Å². The molecule has 5 rings (SSSR count). The van der Waals surface area contributed by atoms with Crippen LogP contribution in [0.5, 0.6) is 5.75 Å². The highest BCUT2D eigenvalue weighted by atomic mass is 32.2. The van der Waals surface area contributed by atoms with E-state index in [2.05, 4.69) is 15.5 Å². The lowest BCUT2D eigenvalue weighted by Gasteiger charge is -2.26. The summed E-state index contributed by atoms with van der Waals surface area (Å²) in [6.45, 7) is 3.24. The minimum absolute atomic E-state index is 0.132. The minimum Gasteiger partial charge on any atom is -0.495 e. The van der Waals surface area contributed by atoms with Crippen molar-refractivity contribution in [2.24, 2.45) is 0 Å².